The maximum atomic E-state index is 13.0. The smallest absolute Gasteiger partial charge is 0.187 e. The molecule has 0 unspecified atom stereocenters. The molecule has 2 N–H and O–H groups in total. The van der Waals surface area contributed by atoms with Crippen LogP contribution in [0.5, 0.6) is 5.75 Å². The van der Waals surface area contributed by atoms with Crippen LogP contribution in [0.1, 0.15) is 18.4 Å². The van der Waals surface area contributed by atoms with Crippen LogP contribution in [-0.4, -0.2) is 24.4 Å². The van der Waals surface area contributed by atoms with Crippen LogP contribution in [0.15, 0.2) is 12.1 Å². The van der Waals surface area contributed by atoms with Crippen molar-refractivity contribution in [2.45, 2.75) is 31.5 Å². The van der Waals surface area contributed by atoms with Gasteiger partial charge in [0, 0.05) is 19.7 Å². The van der Waals surface area contributed by atoms with E-state index in [0.29, 0.717) is 24.3 Å². The lowest BCUT2D eigenvalue weighted by Gasteiger charge is -2.34. The Labute approximate surface area is 98.4 Å². The third kappa shape index (κ3) is 2.73. The highest BCUT2D eigenvalue weighted by atomic mass is 19.1. The van der Waals surface area contributed by atoms with E-state index in [1.54, 1.807) is 7.11 Å². The minimum absolute atomic E-state index is 0.292. The topological polar surface area (TPSA) is 41.5 Å². The lowest BCUT2D eigenvalue weighted by molar-refractivity contribution is 0.0170. The van der Waals surface area contributed by atoms with Crippen LogP contribution in [0.4, 0.5) is 8.78 Å². The molecular formula is C12H15F2NO2. The molecule has 1 aromatic rings. The highest BCUT2D eigenvalue weighted by molar-refractivity contribution is 5.30. The molecule has 0 amide bonds. The van der Waals surface area contributed by atoms with Gasteiger partial charge in [-0.3, -0.25) is 0 Å². The van der Waals surface area contributed by atoms with Crippen molar-refractivity contribution >= 4 is 0 Å². The Morgan fingerprint density at radius 3 is 2.47 bits per heavy atom. The zero-order valence-electron chi connectivity index (χ0n) is 9.54. The molecule has 1 saturated carbocycles. The van der Waals surface area contributed by atoms with Gasteiger partial charge in [-0.05, 0) is 30.5 Å². The molecule has 0 aromatic heterocycles. The summed E-state index contributed by atoms with van der Waals surface area (Å²) in [7, 11) is 1.67. The minimum Gasteiger partial charge on any atom is -0.503 e. The Hall–Kier alpha value is -1.20. The van der Waals surface area contributed by atoms with Gasteiger partial charge in [-0.2, -0.15) is 0 Å². The first-order valence-corrected chi connectivity index (χ1v) is 5.53. The van der Waals surface area contributed by atoms with Gasteiger partial charge < -0.3 is 15.2 Å². The van der Waals surface area contributed by atoms with Crippen molar-refractivity contribution in [3.63, 3.8) is 0 Å². The summed E-state index contributed by atoms with van der Waals surface area (Å²) in [6, 6.07) is 2.61. The molecule has 0 heterocycles. The van der Waals surface area contributed by atoms with Gasteiger partial charge in [0.15, 0.2) is 17.4 Å². The fraction of sp³-hybridized carbons (Fsp3) is 0.500. The summed E-state index contributed by atoms with van der Waals surface area (Å²) in [5.74, 6) is -2.77. The van der Waals surface area contributed by atoms with E-state index in [1.807, 2.05) is 0 Å². The van der Waals surface area contributed by atoms with E-state index in [1.165, 1.54) is 0 Å². The molecule has 0 spiro atoms. The molecule has 17 heavy (non-hydrogen) atoms. The predicted octanol–water partition coefficient (Wildman–Crippen LogP) is 1.94. The number of rotatable bonds is 4. The van der Waals surface area contributed by atoms with Gasteiger partial charge in [0.05, 0.1) is 6.10 Å². The molecule has 0 radical (unpaired) electrons. The zero-order valence-corrected chi connectivity index (χ0v) is 9.54. The van der Waals surface area contributed by atoms with Gasteiger partial charge in [0.1, 0.15) is 0 Å². The molecule has 0 atom stereocenters. The molecule has 2 rings (SSSR count). The Kier molecular flexibility index (Phi) is 3.59. The normalized spacial score (nSPS) is 23.5. The molecule has 0 aliphatic heterocycles. The number of aromatic hydroxyl groups is 1. The Morgan fingerprint density at radius 2 is 1.94 bits per heavy atom. The first-order chi connectivity index (χ1) is 8.10. The zero-order chi connectivity index (χ0) is 12.4. The van der Waals surface area contributed by atoms with Gasteiger partial charge in [-0.25, -0.2) is 8.78 Å². The number of hydrogen-bond donors (Lipinski definition) is 2. The summed E-state index contributed by atoms with van der Waals surface area (Å²) in [6.45, 7) is 0.384. The standard InChI is InChI=1S/C12H15F2NO2/c1-17-9-4-8(5-9)15-6-7-2-10(13)12(16)11(14)3-7/h2-3,8-9,15-16H,4-6H2,1H3. The summed E-state index contributed by atoms with van der Waals surface area (Å²) >= 11 is 0. The first kappa shape index (κ1) is 12.3. The maximum absolute atomic E-state index is 13.0. The number of ether oxygens (including phenoxy) is 1. The average Bonchev–Trinajstić information content (AvgIpc) is 2.24. The van der Waals surface area contributed by atoms with Gasteiger partial charge in [-0.1, -0.05) is 0 Å². The molecule has 94 valence electrons. The van der Waals surface area contributed by atoms with Crippen LogP contribution in [0.3, 0.4) is 0 Å². The van der Waals surface area contributed by atoms with Crippen molar-refractivity contribution in [2.75, 3.05) is 7.11 Å². The van der Waals surface area contributed by atoms with Crippen molar-refractivity contribution in [3.8, 4) is 5.75 Å². The summed E-state index contributed by atoms with van der Waals surface area (Å²) < 4.78 is 31.2. The second kappa shape index (κ2) is 4.98. The van der Waals surface area contributed by atoms with Crippen molar-refractivity contribution in [1.82, 2.24) is 5.32 Å². The number of phenols is 1. The summed E-state index contributed by atoms with van der Waals surface area (Å²) in [5, 5.41) is 12.1. The summed E-state index contributed by atoms with van der Waals surface area (Å²) in [6.07, 6.45) is 2.12. The van der Waals surface area contributed by atoms with E-state index in [4.69, 9.17) is 9.84 Å². The van der Waals surface area contributed by atoms with E-state index >= 15 is 0 Å². The fourth-order valence-corrected chi connectivity index (χ4v) is 1.91. The fourth-order valence-electron chi connectivity index (χ4n) is 1.91. The lowest BCUT2D eigenvalue weighted by Crippen LogP contribution is -2.44. The molecule has 0 bridgehead atoms. The van der Waals surface area contributed by atoms with Crippen LogP contribution < -0.4 is 5.32 Å². The number of halogens is 2. The largest absolute Gasteiger partial charge is 0.503 e. The quantitative estimate of drug-likeness (QED) is 0.849. The Bertz CT molecular complexity index is 382. The van der Waals surface area contributed by atoms with Crippen LogP contribution in [0.25, 0.3) is 0 Å². The Balaban J connectivity index is 1.88. The minimum atomic E-state index is -0.926. The predicted molar refractivity (Wildman–Crippen MR) is 58.7 cm³/mol. The SMILES string of the molecule is COC1CC(NCc2cc(F)c(O)c(F)c2)C1. The van der Waals surface area contributed by atoms with E-state index in [9.17, 15) is 8.78 Å². The third-order valence-electron chi connectivity index (χ3n) is 3.10. The molecule has 1 aliphatic carbocycles. The number of phenolic OH excluding ortho intramolecular Hbond substituents is 1. The second-order valence-corrected chi connectivity index (χ2v) is 4.32. The van der Waals surface area contributed by atoms with Gasteiger partial charge in [-0.15, -0.1) is 0 Å². The highest BCUT2D eigenvalue weighted by Gasteiger charge is 2.28. The lowest BCUT2D eigenvalue weighted by atomic mass is 9.89. The van der Waals surface area contributed by atoms with Gasteiger partial charge >= 0.3 is 0 Å². The highest BCUT2D eigenvalue weighted by Crippen LogP contribution is 2.24. The molecule has 1 aliphatic rings. The van der Waals surface area contributed by atoms with E-state index in [2.05, 4.69) is 5.32 Å². The van der Waals surface area contributed by atoms with Gasteiger partial charge in [0.25, 0.3) is 0 Å². The molecule has 1 fully saturated rings. The maximum Gasteiger partial charge on any atom is 0.187 e. The van der Waals surface area contributed by atoms with Crippen LogP contribution in [0, 0.1) is 11.6 Å². The molecule has 1 aromatic carbocycles. The molecule has 3 nitrogen and oxygen atoms in total. The van der Waals surface area contributed by atoms with Crippen molar-refractivity contribution in [3.05, 3.63) is 29.3 Å². The van der Waals surface area contributed by atoms with Crippen molar-refractivity contribution < 1.29 is 18.6 Å². The van der Waals surface area contributed by atoms with E-state index in [0.717, 1.165) is 25.0 Å². The monoisotopic (exact) mass is 243 g/mol. The van der Waals surface area contributed by atoms with Crippen LogP contribution >= 0.6 is 0 Å². The van der Waals surface area contributed by atoms with Crippen LogP contribution in [-0.2, 0) is 11.3 Å². The summed E-state index contributed by atoms with van der Waals surface area (Å²) in [4.78, 5) is 0. The molecular weight excluding hydrogens is 228 g/mol. The first-order valence-electron chi connectivity index (χ1n) is 5.53. The number of benzene rings is 1. The third-order valence-corrected chi connectivity index (χ3v) is 3.10. The summed E-state index contributed by atoms with van der Waals surface area (Å²) in [5.41, 5.74) is 0.485. The Morgan fingerprint density at radius 1 is 1.35 bits per heavy atom. The van der Waals surface area contributed by atoms with E-state index < -0.39 is 17.4 Å². The van der Waals surface area contributed by atoms with Crippen LogP contribution in [0.2, 0.25) is 0 Å². The number of nitrogens with one attached hydrogen (secondary N) is 1. The van der Waals surface area contributed by atoms with Crippen molar-refractivity contribution in [2.24, 2.45) is 0 Å². The number of hydrogen-bond acceptors (Lipinski definition) is 3. The second-order valence-electron chi connectivity index (χ2n) is 4.32. The van der Waals surface area contributed by atoms with Gasteiger partial charge in [0.2, 0.25) is 0 Å². The van der Waals surface area contributed by atoms with E-state index in [-0.39, 0.29) is 0 Å². The molecule has 0 saturated heterocycles. The number of methoxy groups -OCH3 is 1. The van der Waals surface area contributed by atoms with Crippen molar-refractivity contribution in [1.29, 1.82) is 0 Å². The molecule has 5 heteroatoms. The average molecular weight is 243 g/mol.